The average Bonchev–Trinajstić information content (AvgIpc) is 2.40. The minimum Gasteiger partial charge on any atom is -0.495 e. The van der Waals surface area contributed by atoms with E-state index in [0.717, 1.165) is 0 Å². The van der Waals surface area contributed by atoms with Gasteiger partial charge >= 0.3 is 0 Å². The van der Waals surface area contributed by atoms with E-state index in [1.807, 2.05) is 13.8 Å². The lowest BCUT2D eigenvalue weighted by molar-refractivity contribution is 0.292. The molecule has 0 heterocycles. The van der Waals surface area contributed by atoms with Gasteiger partial charge in [-0.15, -0.1) is 12.4 Å². The Balaban J connectivity index is 0.00000441. The summed E-state index contributed by atoms with van der Waals surface area (Å²) in [6.07, 6.45) is 0. The van der Waals surface area contributed by atoms with E-state index in [0.29, 0.717) is 12.3 Å². The monoisotopic (exact) mass is 390 g/mol. The standard InChI is InChI=1S/C13H20Cl2N2O3S.ClH/c1-13(2,7-16)8-17(3)21(18,19)12-6-9(14)11(20-4)5-10(12)15;/h5-6H,7-8,16H2,1-4H3;1H. The Morgan fingerprint density at radius 3 is 2.27 bits per heavy atom. The van der Waals surface area contributed by atoms with Crippen LogP contribution in [0, 0.1) is 5.41 Å². The van der Waals surface area contributed by atoms with Gasteiger partial charge < -0.3 is 10.5 Å². The number of halogens is 3. The first-order valence-corrected chi connectivity index (χ1v) is 8.44. The molecule has 0 aromatic heterocycles. The lowest BCUT2D eigenvalue weighted by Crippen LogP contribution is -2.39. The number of nitrogens with two attached hydrogens (primary N) is 1. The van der Waals surface area contributed by atoms with Crippen molar-refractivity contribution in [2.75, 3.05) is 27.2 Å². The first-order valence-electron chi connectivity index (χ1n) is 6.24. The molecule has 1 rings (SSSR count). The average molecular weight is 392 g/mol. The third-order valence-corrected chi connectivity index (χ3v) is 5.66. The van der Waals surface area contributed by atoms with E-state index in [9.17, 15) is 8.42 Å². The molecule has 0 aliphatic rings. The topological polar surface area (TPSA) is 72.6 Å². The summed E-state index contributed by atoms with van der Waals surface area (Å²) in [5.41, 5.74) is 5.30. The first-order chi connectivity index (χ1) is 9.55. The van der Waals surface area contributed by atoms with Gasteiger partial charge in [-0.2, -0.15) is 0 Å². The van der Waals surface area contributed by atoms with Gasteiger partial charge in [-0.05, 0) is 18.0 Å². The summed E-state index contributed by atoms with van der Waals surface area (Å²) in [5, 5.41) is 0.251. The Hall–Kier alpha value is -0.240. The van der Waals surface area contributed by atoms with Gasteiger partial charge in [0.05, 0.1) is 17.2 Å². The molecule has 2 N–H and O–H groups in total. The number of benzene rings is 1. The zero-order valence-corrected chi connectivity index (χ0v) is 16.0. The van der Waals surface area contributed by atoms with Crippen molar-refractivity contribution in [2.45, 2.75) is 18.7 Å². The van der Waals surface area contributed by atoms with Gasteiger partial charge in [0, 0.05) is 19.7 Å². The van der Waals surface area contributed by atoms with E-state index >= 15 is 0 Å². The van der Waals surface area contributed by atoms with Crippen molar-refractivity contribution in [3.05, 3.63) is 22.2 Å². The maximum atomic E-state index is 12.6. The molecule has 1 aromatic carbocycles. The van der Waals surface area contributed by atoms with E-state index in [4.69, 9.17) is 33.7 Å². The first kappa shape index (κ1) is 21.8. The smallest absolute Gasteiger partial charge is 0.244 e. The van der Waals surface area contributed by atoms with Crippen LogP contribution in [0.25, 0.3) is 0 Å². The Morgan fingerprint density at radius 1 is 1.27 bits per heavy atom. The van der Waals surface area contributed by atoms with Crippen LogP contribution in [0.5, 0.6) is 5.75 Å². The maximum absolute atomic E-state index is 12.6. The highest BCUT2D eigenvalue weighted by Crippen LogP contribution is 2.35. The van der Waals surface area contributed by atoms with Crippen LogP contribution >= 0.6 is 35.6 Å². The Labute approximate surface area is 148 Å². The second-order valence-corrected chi connectivity index (χ2v) is 8.37. The van der Waals surface area contributed by atoms with Gasteiger partial charge in [0.2, 0.25) is 10.0 Å². The van der Waals surface area contributed by atoms with Crippen LogP contribution in [0.4, 0.5) is 0 Å². The highest BCUT2D eigenvalue weighted by Gasteiger charge is 2.29. The normalized spacial score (nSPS) is 12.2. The number of methoxy groups -OCH3 is 1. The Bertz CT molecular complexity index is 621. The molecule has 0 atom stereocenters. The lowest BCUT2D eigenvalue weighted by Gasteiger charge is -2.28. The molecule has 0 spiro atoms. The zero-order chi connectivity index (χ0) is 16.4. The SMILES string of the molecule is COc1cc(Cl)c(S(=O)(=O)N(C)CC(C)(C)CN)cc1Cl.Cl. The van der Waals surface area contributed by atoms with Gasteiger partial charge in [-0.25, -0.2) is 12.7 Å². The van der Waals surface area contributed by atoms with Crippen LogP contribution in [0.15, 0.2) is 17.0 Å². The fraction of sp³-hybridized carbons (Fsp3) is 0.538. The molecule has 0 fully saturated rings. The number of hydrogen-bond acceptors (Lipinski definition) is 4. The predicted octanol–water partition coefficient (Wildman–Crippen LogP) is 3.03. The number of hydrogen-bond donors (Lipinski definition) is 1. The quantitative estimate of drug-likeness (QED) is 0.809. The van der Waals surface area contributed by atoms with Crippen LogP contribution in [-0.4, -0.2) is 40.0 Å². The molecule has 1 aromatic rings. The third-order valence-electron chi connectivity index (χ3n) is 3.10. The lowest BCUT2D eigenvalue weighted by atomic mass is 9.94. The highest BCUT2D eigenvalue weighted by atomic mass is 35.5. The molecule has 5 nitrogen and oxygen atoms in total. The van der Waals surface area contributed by atoms with E-state index in [1.54, 1.807) is 0 Å². The van der Waals surface area contributed by atoms with E-state index in [-0.39, 0.29) is 39.3 Å². The predicted molar refractivity (Wildman–Crippen MR) is 92.9 cm³/mol. The van der Waals surface area contributed by atoms with Crippen molar-refractivity contribution in [1.29, 1.82) is 0 Å². The summed E-state index contributed by atoms with van der Waals surface area (Å²) >= 11 is 12.0. The third kappa shape index (κ3) is 4.88. The van der Waals surface area contributed by atoms with Crippen molar-refractivity contribution in [3.63, 3.8) is 0 Å². The summed E-state index contributed by atoms with van der Waals surface area (Å²) in [6, 6.07) is 2.68. The molecular weight excluding hydrogens is 371 g/mol. The summed E-state index contributed by atoms with van der Waals surface area (Å²) in [6.45, 7) is 4.42. The van der Waals surface area contributed by atoms with Crippen LogP contribution < -0.4 is 10.5 Å². The summed E-state index contributed by atoms with van der Waals surface area (Å²) in [4.78, 5) is -0.0507. The molecule has 0 unspecified atom stereocenters. The second-order valence-electron chi connectivity index (χ2n) is 5.55. The second kappa shape index (κ2) is 8.04. The largest absolute Gasteiger partial charge is 0.495 e. The summed E-state index contributed by atoms with van der Waals surface area (Å²) < 4.78 is 31.4. The van der Waals surface area contributed by atoms with Crippen molar-refractivity contribution >= 4 is 45.6 Å². The Morgan fingerprint density at radius 2 is 1.82 bits per heavy atom. The summed E-state index contributed by atoms with van der Waals surface area (Å²) in [5.74, 6) is 0.325. The molecule has 0 bridgehead atoms. The van der Waals surface area contributed by atoms with E-state index in [2.05, 4.69) is 0 Å². The number of rotatable bonds is 6. The van der Waals surface area contributed by atoms with Crippen molar-refractivity contribution in [3.8, 4) is 5.75 Å². The van der Waals surface area contributed by atoms with E-state index in [1.165, 1.54) is 30.6 Å². The van der Waals surface area contributed by atoms with Crippen molar-refractivity contribution in [1.82, 2.24) is 4.31 Å². The molecule has 0 aliphatic carbocycles. The van der Waals surface area contributed by atoms with Crippen LogP contribution in [0.1, 0.15) is 13.8 Å². The molecule has 0 saturated carbocycles. The van der Waals surface area contributed by atoms with Crippen molar-refractivity contribution < 1.29 is 13.2 Å². The maximum Gasteiger partial charge on any atom is 0.244 e. The molecule has 0 saturated heterocycles. The summed E-state index contributed by atoms with van der Waals surface area (Å²) in [7, 11) is -0.835. The molecule has 9 heteroatoms. The van der Waals surface area contributed by atoms with Gasteiger partial charge in [-0.3, -0.25) is 0 Å². The highest BCUT2D eigenvalue weighted by molar-refractivity contribution is 7.89. The van der Waals surface area contributed by atoms with E-state index < -0.39 is 10.0 Å². The van der Waals surface area contributed by atoms with Gasteiger partial charge in [0.1, 0.15) is 10.6 Å². The zero-order valence-electron chi connectivity index (χ0n) is 12.9. The molecule has 0 aliphatic heterocycles. The minimum absolute atomic E-state index is 0. The van der Waals surface area contributed by atoms with Gasteiger partial charge in [-0.1, -0.05) is 37.0 Å². The molecule has 0 amide bonds. The number of nitrogens with zero attached hydrogens (tertiary/aromatic N) is 1. The molecular formula is C13H21Cl3N2O3S. The number of ether oxygens (including phenoxy) is 1. The van der Waals surface area contributed by atoms with Gasteiger partial charge in [0.15, 0.2) is 0 Å². The van der Waals surface area contributed by atoms with Crippen molar-refractivity contribution in [2.24, 2.45) is 11.1 Å². The fourth-order valence-electron chi connectivity index (χ4n) is 1.78. The Kier molecular flexibility index (Phi) is 7.95. The molecule has 128 valence electrons. The minimum atomic E-state index is -3.75. The molecule has 22 heavy (non-hydrogen) atoms. The van der Waals surface area contributed by atoms with Crippen LogP contribution in [-0.2, 0) is 10.0 Å². The van der Waals surface area contributed by atoms with Gasteiger partial charge in [0.25, 0.3) is 0 Å². The molecule has 0 radical (unpaired) electrons. The number of sulfonamides is 1. The van der Waals surface area contributed by atoms with Crippen LogP contribution in [0.2, 0.25) is 10.0 Å². The van der Waals surface area contributed by atoms with Crippen LogP contribution in [0.3, 0.4) is 0 Å². The fourth-order valence-corrected chi connectivity index (χ4v) is 3.96.